The van der Waals surface area contributed by atoms with Gasteiger partial charge in [0.1, 0.15) is 0 Å². The third kappa shape index (κ3) is 5.38. The van der Waals surface area contributed by atoms with Gasteiger partial charge in [-0.15, -0.1) is 11.3 Å². The molecule has 1 aliphatic rings. The fraction of sp³-hybridized carbons (Fsp3) is 0.632. The van der Waals surface area contributed by atoms with E-state index in [0.717, 1.165) is 51.4 Å². The summed E-state index contributed by atoms with van der Waals surface area (Å²) in [4.78, 5) is 22.6. The van der Waals surface area contributed by atoms with Crippen LogP contribution in [0.2, 0.25) is 0 Å². The summed E-state index contributed by atoms with van der Waals surface area (Å²) in [7, 11) is 0. The van der Waals surface area contributed by atoms with Crippen molar-refractivity contribution < 1.29 is 9.32 Å². The van der Waals surface area contributed by atoms with E-state index in [1.807, 2.05) is 30.1 Å². The molecule has 3 heterocycles. The molecule has 0 atom stereocenters. The summed E-state index contributed by atoms with van der Waals surface area (Å²) >= 11 is 1.82. The Bertz CT molecular complexity index is 676. The van der Waals surface area contributed by atoms with Gasteiger partial charge in [0.05, 0.1) is 0 Å². The largest absolute Gasteiger partial charge is 0.340 e. The van der Waals surface area contributed by atoms with Crippen LogP contribution in [0.5, 0.6) is 0 Å². The summed E-state index contributed by atoms with van der Waals surface area (Å²) in [5.74, 6) is 1.89. The third-order valence-electron chi connectivity index (χ3n) is 4.76. The van der Waals surface area contributed by atoms with Crippen LogP contribution in [0.1, 0.15) is 49.2 Å². The normalized spacial score (nSPS) is 15.7. The number of carbonyl (C=O) groups is 1. The lowest BCUT2D eigenvalue weighted by Gasteiger charge is -2.34. The highest BCUT2D eigenvalue weighted by Gasteiger charge is 2.21. The summed E-state index contributed by atoms with van der Waals surface area (Å²) in [6.07, 6.45) is 3.09. The van der Waals surface area contributed by atoms with Crippen molar-refractivity contribution in [2.24, 2.45) is 0 Å². The second-order valence-corrected chi connectivity index (χ2v) is 8.14. The first-order chi connectivity index (χ1) is 12.6. The van der Waals surface area contributed by atoms with Gasteiger partial charge in [0.15, 0.2) is 5.82 Å². The van der Waals surface area contributed by atoms with Crippen molar-refractivity contribution in [3.63, 3.8) is 0 Å². The fourth-order valence-electron chi connectivity index (χ4n) is 3.10. The van der Waals surface area contributed by atoms with Crippen molar-refractivity contribution in [2.45, 2.75) is 45.4 Å². The lowest BCUT2D eigenvalue weighted by atomic mass is 10.2. The Labute approximate surface area is 159 Å². The van der Waals surface area contributed by atoms with Gasteiger partial charge in [0, 0.05) is 56.4 Å². The van der Waals surface area contributed by atoms with E-state index in [4.69, 9.17) is 4.52 Å². The van der Waals surface area contributed by atoms with Gasteiger partial charge in [0.2, 0.25) is 11.8 Å². The second-order valence-electron chi connectivity index (χ2n) is 7.11. The molecule has 0 spiro atoms. The molecule has 6 nitrogen and oxygen atoms in total. The maximum Gasteiger partial charge on any atom is 0.226 e. The monoisotopic (exact) mass is 376 g/mol. The highest BCUT2D eigenvalue weighted by molar-refractivity contribution is 7.09. The van der Waals surface area contributed by atoms with Crippen molar-refractivity contribution in [3.8, 4) is 0 Å². The number of thiophene rings is 1. The number of rotatable bonds is 8. The summed E-state index contributed by atoms with van der Waals surface area (Å²) in [6.45, 7) is 8.77. The van der Waals surface area contributed by atoms with E-state index < -0.39 is 0 Å². The quantitative estimate of drug-likeness (QED) is 0.709. The van der Waals surface area contributed by atoms with Crippen LogP contribution in [0.25, 0.3) is 0 Å². The molecule has 0 saturated carbocycles. The predicted octanol–water partition coefficient (Wildman–Crippen LogP) is 2.96. The maximum atomic E-state index is 12.4. The van der Waals surface area contributed by atoms with E-state index >= 15 is 0 Å². The Balaban J connectivity index is 1.33. The number of carbonyl (C=O) groups excluding carboxylic acids is 1. The molecular formula is C19H28N4O2S. The molecule has 1 fully saturated rings. The molecule has 3 rings (SSSR count). The number of aromatic nitrogens is 2. The average Bonchev–Trinajstić information content (AvgIpc) is 3.32. The molecule has 26 heavy (non-hydrogen) atoms. The van der Waals surface area contributed by atoms with E-state index in [-0.39, 0.29) is 11.8 Å². The Hall–Kier alpha value is -1.73. The molecule has 0 unspecified atom stereocenters. The van der Waals surface area contributed by atoms with Gasteiger partial charge in [-0.3, -0.25) is 9.69 Å². The maximum absolute atomic E-state index is 12.4. The molecule has 2 aromatic rings. The van der Waals surface area contributed by atoms with Crippen molar-refractivity contribution in [3.05, 3.63) is 34.1 Å². The molecular weight excluding hydrogens is 348 g/mol. The summed E-state index contributed by atoms with van der Waals surface area (Å²) in [6, 6.07) is 4.30. The molecule has 7 heteroatoms. The minimum atomic E-state index is 0.242. The Morgan fingerprint density at radius 1 is 1.27 bits per heavy atom. The van der Waals surface area contributed by atoms with Crippen LogP contribution in [0.4, 0.5) is 0 Å². The van der Waals surface area contributed by atoms with Crippen molar-refractivity contribution in [2.75, 3.05) is 32.7 Å². The van der Waals surface area contributed by atoms with Crippen LogP contribution < -0.4 is 0 Å². The van der Waals surface area contributed by atoms with Gasteiger partial charge in [0.25, 0.3) is 0 Å². The number of aryl methyl sites for hydroxylation is 1. The molecule has 1 aliphatic heterocycles. The smallest absolute Gasteiger partial charge is 0.226 e. The van der Waals surface area contributed by atoms with Gasteiger partial charge in [-0.25, -0.2) is 0 Å². The molecule has 0 aromatic carbocycles. The fourth-order valence-corrected chi connectivity index (χ4v) is 3.80. The number of amides is 1. The van der Waals surface area contributed by atoms with Crippen LogP contribution >= 0.6 is 11.3 Å². The van der Waals surface area contributed by atoms with Gasteiger partial charge in [-0.05, 0) is 24.3 Å². The van der Waals surface area contributed by atoms with Gasteiger partial charge in [-0.2, -0.15) is 4.98 Å². The van der Waals surface area contributed by atoms with Gasteiger partial charge >= 0.3 is 0 Å². The van der Waals surface area contributed by atoms with Crippen LogP contribution in [-0.2, 0) is 17.6 Å². The number of nitrogens with zero attached hydrogens (tertiary/aromatic N) is 4. The zero-order valence-electron chi connectivity index (χ0n) is 15.7. The van der Waals surface area contributed by atoms with E-state index in [9.17, 15) is 4.79 Å². The molecule has 1 amide bonds. The van der Waals surface area contributed by atoms with Crippen LogP contribution in [-0.4, -0.2) is 58.6 Å². The number of piperazine rings is 1. The predicted molar refractivity (Wildman–Crippen MR) is 102 cm³/mol. The number of hydrogen-bond acceptors (Lipinski definition) is 6. The van der Waals surface area contributed by atoms with E-state index in [2.05, 4.69) is 32.6 Å². The highest BCUT2D eigenvalue weighted by Crippen LogP contribution is 2.13. The summed E-state index contributed by atoms with van der Waals surface area (Å²) in [5, 5.41) is 6.09. The molecule has 2 aromatic heterocycles. The Kier molecular flexibility index (Phi) is 6.80. The highest BCUT2D eigenvalue weighted by atomic mass is 32.1. The van der Waals surface area contributed by atoms with E-state index in [1.54, 1.807) is 0 Å². The summed E-state index contributed by atoms with van der Waals surface area (Å²) < 4.78 is 5.23. The minimum absolute atomic E-state index is 0.242. The van der Waals surface area contributed by atoms with Crippen LogP contribution in [0, 0.1) is 0 Å². The minimum Gasteiger partial charge on any atom is -0.340 e. The topological polar surface area (TPSA) is 62.5 Å². The third-order valence-corrected chi connectivity index (χ3v) is 5.70. The summed E-state index contributed by atoms with van der Waals surface area (Å²) in [5.41, 5.74) is 0. The SMILES string of the molecule is CC(C)c1noc(CCCC(=O)N2CCN(CCc3cccs3)CC2)n1. The average molecular weight is 377 g/mol. The van der Waals surface area contributed by atoms with Crippen molar-refractivity contribution >= 4 is 17.2 Å². The first-order valence-corrected chi connectivity index (χ1v) is 10.3. The Morgan fingerprint density at radius 2 is 2.08 bits per heavy atom. The first-order valence-electron chi connectivity index (χ1n) is 9.47. The molecule has 0 aliphatic carbocycles. The van der Waals surface area contributed by atoms with Gasteiger partial charge < -0.3 is 9.42 Å². The lowest BCUT2D eigenvalue weighted by Crippen LogP contribution is -2.49. The van der Waals surface area contributed by atoms with Crippen molar-refractivity contribution in [1.82, 2.24) is 19.9 Å². The number of hydrogen-bond donors (Lipinski definition) is 0. The second kappa shape index (κ2) is 9.28. The van der Waals surface area contributed by atoms with Crippen molar-refractivity contribution in [1.29, 1.82) is 0 Å². The zero-order valence-corrected chi connectivity index (χ0v) is 16.5. The van der Waals surface area contributed by atoms with E-state index in [1.165, 1.54) is 4.88 Å². The molecule has 142 valence electrons. The molecule has 0 N–H and O–H groups in total. The molecule has 0 radical (unpaired) electrons. The lowest BCUT2D eigenvalue weighted by molar-refractivity contribution is -0.133. The van der Waals surface area contributed by atoms with Gasteiger partial charge in [-0.1, -0.05) is 25.1 Å². The molecule has 1 saturated heterocycles. The molecule has 0 bridgehead atoms. The standard InChI is InChI=1S/C19H28N4O2S/c1-15(2)19-20-17(25-21-19)6-3-7-18(24)23-12-10-22(11-13-23)9-8-16-5-4-14-26-16/h4-5,14-15H,3,6-13H2,1-2H3. The zero-order chi connectivity index (χ0) is 18.4. The first kappa shape index (κ1) is 19.0. The van der Waals surface area contributed by atoms with E-state index in [0.29, 0.717) is 18.7 Å². The van der Waals surface area contributed by atoms with Crippen LogP contribution in [0.3, 0.4) is 0 Å². The van der Waals surface area contributed by atoms with Crippen LogP contribution in [0.15, 0.2) is 22.0 Å². The Morgan fingerprint density at radius 3 is 2.73 bits per heavy atom.